The Morgan fingerprint density at radius 3 is 2.44 bits per heavy atom. The van der Waals surface area contributed by atoms with Crippen molar-refractivity contribution in [1.29, 1.82) is 5.26 Å². The molecule has 1 saturated carbocycles. The van der Waals surface area contributed by atoms with Crippen molar-refractivity contribution < 1.29 is 39.9 Å². The van der Waals surface area contributed by atoms with Crippen LogP contribution >= 0.6 is 11.6 Å². The minimum absolute atomic E-state index is 0.147. The first-order chi connectivity index (χ1) is 14.7. The molecular weight excluding hydrogens is 485 g/mol. The molecule has 2 fully saturated rings. The molecule has 2 atom stereocenters. The molecule has 14 heteroatoms. The summed E-state index contributed by atoms with van der Waals surface area (Å²) in [4.78, 5) is 12.2. The minimum Gasteiger partial charge on any atom is -0.430 e. The van der Waals surface area contributed by atoms with Crippen LogP contribution < -0.4 is 5.32 Å². The number of likely N-dealkylation sites (tertiary alicyclic amines) is 1. The number of amides is 1. The number of nitrogens with one attached hydrogen (secondary N) is 1. The Bertz CT molecular complexity index is 1040. The van der Waals surface area contributed by atoms with Gasteiger partial charge in [0.25, 0.3) is 0 Å². The first kappa shape index (κ1) is 24.5. The lowest BCUT2D eigenvalue weighted by Gasteiger charge is -2.29. The summed E-state index contributed by atoms with van der Waals surface area (Å²) in [6.07, 6.45) is -8.72. The van der Waals surface area contributed by atoms with Gasteiger partial charge in [-0.05, 0) is 25.0 Å². The maximum atomic E-state index is 13.7. The lowest BCUT2D eigenvalue weighted by molar-refractivity contribution is -0.289. The molecule has 0 spiro atoms. The van der Waals surface area contributed by atoms with Crippen LogP contribution in [0.2, 0.25) is 5.02 Å². The topological polar surface area (TPSA) is 99.5 Å². The molecule has 0 aromatic heterocycles. The van der Waals surface area contributed by atoms with Gasteiger partial charge in [-0.25, -0.2) is 13.2 Å². The molecule has 0 unspecified atom stereocenters. The molecule has 1 amide bonds. The number of nitrogens with zero attached hydrogens (tertiary/aromatic N) is 2. The fourth-order valence-corrected chi connectivity index (χ4v) is 5.51. The van der Waals surface area contributed by atoms with E-state index in [1.165, 1.54) is 24.3 Å². The molecule has 1 aromatic rings. The number of carbonyl (C=O) groups excluding carboxylic acids is 1. The second-order valence-electron chi connectivity index (χ2n) is 7.64. The van der Waals surface area contributed by atoms with E-state index in [2.05, 4.69) is 5.32 Å². The van der Waals surface area contributed by atoms with E-state index in [9.17, 15) is 35.2 Å². The van der Waals surface area contributed by atoms with E-state index in [1.54, 1.807) is 0 Å². The zero-order valence-electron chi connectivity index (χ0n) is 16.2. The molecule has 1 aromatic carbocycles. The third-order valence-electron chi connectivity index (χ3n) is 5.26. The molecule has 1 saturated heterocycles. The van der Waals surface area contributed by atoms with E-state index in [0.29, 0.717) is 17.7 Å². The number of nitriles is 1. The first-order valence-corrected chi connectivity index (χ1v) is 11.2. The molecule has 176 valence electrons. The van der Waals surface area contributed by atoms with Crippen molar-refractivity contribution in [3.63, 3.8) is 0 Å². The van der Waals surface area contributed by atoms with Crippen molar-refractivity contribution in [3.8, 4) is 6.07 Å². The highest BCUT2D eigenvalue weighted by molar-refractivity contribution is 7.92. The third kappa shape index (κ3) is 4.92. The van der Waals surface area contributed by atoms with Gasteiger partial charge in [0.2, 0.25) is 0 Å². The van der Waals surface area contributed by atoms with E-state index in [4.69, 9.17) is 21.6 Å². The lowest BCUT2D eigenvalue weighted by Crippen LogP contribution is -2.50. The van der Waals surface area contributed by atoms with Gasteiger partial charge >= 0.3 is 18.2 Å². The Morgan fingerprint density at radius 2 is 1.91 bits per heavy atom. The Kier molecular flexibility index (Phi) is 6.36. The highest BCUT2D eigenvalue weighted by Gasteiger charge is 2.60. The van der Waals surface area contributed by atoms with Gasteiger partial charge < -0.3 is 10.1 Å². The molecule has 1 heterocycles. The summed E-state index contributed by atoms with van der Waals surface area (Å²) in [7, 11) is -4.25. The van der Waals surface area contributed by atoms with Gasteiger partial charge in [-0.15, -0.1) is 0 Å². The molecule has 1 aliphatic heterocycles. The zero-order valence-corrected chi connectivity index (χ0v) is 17.8. The van der Waals surface area contributed by atoms with E-state index < -0.39 is 64.6 Å². The molecule has 1 aliphatic carbocycles. The van der Waals surface area contributed by atoms with Crippen LogP contribution in [-0.4, -0.2) is 61.6 Å². The zero-order chi connectivity index (χ0) is 23.9. The Morgan fingerprint density at radius 1 is 1.28 bits per heavy atom. The summed E-state index contributed by atoms with van der Waals surface area (Å²) >= 11 is 5.92. The summed E-state index contributed by atoms with van der Waals surface area (Å²) in [5.41, 5.74) is -1.18. The predicted octanol–water partition coefficient (Wildman–Crippen LogP) is 3.49. The molecular formula is C18H17ClF5N3O4S. The third-order valence-corrected chi connectivity index (χ3v) is 7.89. The number of benzene rings is 1. The standard InChI is InChI=1S/C18H17ClF5N3O4S/c19-12-3-1-2-4-13(12)32(29,30)11-7-14(31-15(28)26-16(9-25)5-6-16)27(8-11)10-17(20,21)18(22,23)24/h1-4,11,14H,5-8,10H2,(H,26,28)/t11-,14+/m1/s1. The quantitative estimate of drug-likeness (QED) is 0.599. The van der Waals surface area contributed by atoms with Gasteiger partial charge in [0, 0.05) is 13.0 Å². The van der Waals surface area contributed by atoms with Crippen molar-refractivity contribution in [3.05, 3.63) is 29.3 Å². The van der Waals surface area contributed by atoms with Gasteiger partial charge in [0.15, 0.2) is 16.1 Å². The van der Waals surface area contributed by atoms with Gasteiger partial charge in [0.05, 0.1) is 27.8 Å². The number of ether oxygens (including phenoxy) is 1. The monoisotopic (exact) mass is 501 g/mol. The van der Waals surface area contributed by atoms with Crippen LogP contribution in [0.15, 0.2) is 29.2 Å². The molecule has 0 bridgehead atoms. The van der Waals surface area contributed by atoms with Crippen molar-refractivity contribution in [2.45, 2.75) is 53.3 Å². The van der Waals surface area contributed by atoms with Gasteiger partial charge in [-0.2, -0.15) is 27.2 Å². The number of sulfone groups is 1. The van der Waals surface area contributed by atoms with Crippen LogP contribution in [0.5, 0.6) is 0 Å². The average Bonchev–Trinajstić information content (AvgIpc) is 3.34. The fraction of sp³-hybridized carbons (Fsp3) is 0.556. The molecule has 0 radical (unpaired) electrons. The highest BCUT2D eigenvalue weighted by Crippen LogP contribution is 2.40. The first-order valence-electron chi connectivity index (χ1n) is 9.28. The fourth-order valence-electron chi connectivity index (χ4n) is 3.28. The van der Waals surface area contributed by atoms with Crippen LogP contribution in [0.1, 0.15) is 19.3 Å². The second-order valence-corrected chi connectivity index (χ2v) is 10.2. The van der Waals surface area contributed by atoms with Crippen LogP contribution in [0.3, 0.4) is 0 Å². The van der Waals surface area contributed by atoms with E-state index in [1.807, 2.05) is 6.07 Å². The Hall–Kier alpha value is -2.17. The lowest BCUT2D eigenvalue weighted by atomic mass is 10.3. The average molecular weight is 502 g/mol. The molecule has 32 heavy (non-hydrogen) atoms. The number of halogens is 6. The smallest absolute Gasteiger partial charge is 0.430 e. The maximum Gasteiger partial charge on any atom is 0.454 e. The van der Waals surface area contributed by atoms with Crippen LogP contribution in [0.4, 0.5) is 26.7 Å². The van der Waals surface area contributed by atoms with Gasteiger partial charge in [0.1, 0.15) is 5.54 Å². The predicted molar refractivity (Wildman–Crippen MR) is 101 cm³/mol. The van der Waals surface area contributed by atoms with Crippen LogP contribution in [0.25, 0.3) is 0 Å². The second kappa shape index (κ2) is 8.31. The molecule has 3 rings (SSSR count). The largest absolute Gasteiger partial charge is 0.454 e. The summed E-state index contributed by atoms with van der Waals surface area (Å²) < 4.78 is 96.5. The number of alkyl carbamates (subject to hydrolysis) is 1. The van der Waals surface area contributed by atoms with E-state index in [0.717, 1.165) is 0 Å². The van der Waals surface area contributed by atoms with Gasteiger partial charge in [-0.3, -0.25) is 4.90 Å². The summed E-state index contributed by atoms with van der Waals surface area (Å²) in [5.74, 6) is -5.18. The number of alkyl halides is 5. The van der Waals surface area contributed by atoms with Crippen LogP contribution in [-0.2, 0) is 14.6 Å². The normalized spacial score (nSPS) is 23.4. The number of hydrogen-bond donors (Lipinski definition) is 1. The Balaban J connectivity index is 1.84. The maximum absolute atomic E-state index is 13.7. The molecule has 2 aliphatic rings. The van der Waals surface area contributed by atoms with E-state index in [-0.39, 0.29) is 9.92 Å². The van der Waals surface area contributed by atoms with Crippen molar-refractivity contribution in [1.82, 2.24) is 10.2 Å². The summed E-state index contributed by atoms with van der Waals surface area (Å²) in [5, 5.41) is 9.63. The number of hydrogen-bond acceptors (Lipinski definition) is 6. The highest BCUT2D eigenvalue weighted by atomic mass is 35.5. The minimum atomic E-state index is -5.89. The van der Waals surface area contributed by atoms with Gasteiger partial charge in [-0.1, -0.05) is 23.7 Å². The molecule has 1 N–H and O–H groups in total. The number of carbonyl (C=O) groups is 1. The van der Waals surface area contributed by atoms with Crippen molar-refractivity contribution in [2.24, 2.45) is 0 Å². The number of rotatable bonds is 6. The Labute approximate surface area is 185 Å². The van der Waals surface area contributed by atoms with Crippen LogP contribution in [0, 0.1) is 11.3 Å². The van der Waals surface area contributed by atoms with Crippen molar-refractivity contribution >= 4 is 27.5 Å². The van der Waals surface area contributed by atoms with E-state index >= 15 is 0 Å². The SMILES string of the molecule is N#CC1(NC(=O)O[C@H]2C[C@@H](S(=O)(=O)c3ccccc3Cl)CN2CC(F)(F)C(F)(F)F)CC1. The van der Waals surface area contributed by atoms with Crippen molar-refractivity contribution in [2.75, 3.05) is 13.1 Å². The summed E-state index contributed by atoms with van der Waals surface area (Å²) in [6, 6.07) is 7.14. The molecule has 7 nitrogen and oxygen atoms in total. The summed E-state index contributed by atoms with van der Waals surface area (Å²) in [6.45, 7) is -2.66.